The maximum absolute atomic E-state index is 9.88. The summed E-state index contributed by atoms with van der Waals surface area (Å²) in [7, 11) is 0. The van der Waals surface area contributed by atoms with Gasteiger partial charge < -0.3 is 0 Å². The molecule has 0 atom stereocenters. The van der Waals surface area contributed by atoms with E-state index < -0.39 is 0 Å². The van der Waals surface area contributed by atoms with Crippen LogP contribution < -0.4 is 0 Å². The van der Waals surface area contributed by atoms with E-state index in [1.165, 1.54) is 6.07 Å². The summed E-state index contributed by atoms with van der Waals surface area (Å²) in [6.07, 6.45) is 0. The molecule has 3 rings (SSSR count). The molecule has 2 N–H and O–H groups in total. The Kier molecular flexibility index (Phi) is 2.90. The van der Waals surface area contributed by atoms with Crippen molar-refractivity contribution in [3.05, 3.63) is 52.6 Å². The first-order valence-electron chi connectivity index (χ1n) is 5.70. The summed E-state index contributed by atoms with van der Waals surface area (Å²) >= 11 is 2.93. The van der Waals surface area contributed by atoms with E-state index in [4.69, 9.17) is 4.42 Å². The minimum absolute atomic E-state index is 0.00385. The number of fused-ring (bicyclic) bond motifs is 1. The van der Waals surface area contributed by atoms with E-state index in [-0.39, 0.29) is 11.5 Å². The van der Waals surface area contributed by atoms with Crippen LogP contribution in [-0.4, -0.2) is 25.8 Å². The van der Waals surface area contributed by atoms with Crippen LogP contribution >= 0.6 is 0 Å². The summed E-state index contributed by atoms with van der Waals surface area (Å²) < 4.78 is 6.54. The van der Waals surface area contributed by atoms with E-state index in [0.29, 0.717) is 16.7 Å². The molecule has 0 bridgehead atoms. The molecule has 0 radical (unpaired) electrons. The number of phenolic OH excluding ortho intramolecular Hbond substituents is 2. The normalized spacial score (nSPS) is 10.7. The van der Waals surface area contributed by atoms with Gasteiger partial charge in [0.2, 0.25) is 0 Å². The van der Waals surface area contributed by atoms with Gasteiger partial charge in [-0.15, -0.1) is 0 Å². The number of hydrogen-bond donors (Lipinski definition) is 2. The van der Waals surface area contributed by atoms with Gasteiger partial charge in [-0.3, -0.25) is 0 Å². The molecule has 0 aliphatic carbocycles. The Balaban J connectivity index is 2.34. The first-order valence-corrected chi connectivity index (χ1v) is 6.56. The number of benzene rings is 2. The van der Waals surface area contributed by atoms with Crippen LogP contribution in [0.5, 0.6) is 11.5 Å². The summed E-state index contributed by atoms with van der Waals surface area (Å²) in [6.45, 7) is 0. The minimum atomic E-state index is -0.0794. The Bertz CT molecular complexity index is 807. The standard InChI is InChI=1S/C15H10O3Se/c16-10-6-11-14(19)8-13(9-4-2-1-3-5-9)18-15(11)12(17)7-10/h1-8,16-17H. The van der Waals surface area contributed by atoms with Crippen LogP contribution in [0, 0.1) is 4.06 Å². The molecule has 2 aromatic carbocycles. The quantitative estimate of drug-likeness (QED) is 0.678. The molecule has 3 aromatic rings. The Morgan fingerprint density at radius 3 is 2.42 bits per heavy atom. The molecule has 0 unspecified atom stereocenters. The molecular weight excluding hydrogens is 307 g/mol. The van der Waals surface area contributed by atoms with Crippen molar-refractivity contribution in [2.24, 2.45) is 0 Å². The Labute approximate surface area is 117 Å². The van der Waals surface area contributed by atoms with Gasteiger partial charge in [0.15, 0.2) is 0 Å². The fraction of sp³-hybridized carbons (Fsp3) is 0. The molecule has 4 heteroatoms. The van der Waals surface area contributed by atoms with E-state index in [0.717, 1.165) is 9.63 Å². The van der Waals surface area contributed by atoms with Gasteiger partial charge in [0.1, 0.15) is 0 Å². The molecule has 0 aliphatic rings. The number of hydrogen-bond acceptors (Lipinski definition) is 3. The van der Waals surface area contributed by atoms with E-state index in [1.807, 2.05) is 36.4 Å². The van der Waals surface area contributed by atoms with Crippen molar-refractivity contribution in [3.8, 4) is 22.8 Å². The average Bonchev–Trinajstić information content (AvgIpc) is 2.41. The van der Waals surface area contributed by atoms with E-state index in [9.17, 15) is 10.2 Å². The second-order valence-corrected chi connectivity index (χ2v) is 5.11. The van der Waals surface area contributed by atoms with Gasteiger partial charge in [-0.25, -0.2) is 0 Å². The molecular formula is C15H10O3Se. The number of aromatic hydroxyl groups is 2. The van der Waals surface area contributed by atoms with Gasteiger partial charge in [0, 0.05) is 0 Å². The van der Waals surface area contributed by atoms with Crippen LogP contribution in [0.1, 0.15) is 0 Å². The summed E-state index contributed by atoms with van der Waals surface area (Å²) in [4.78, 5) is 0. The van der Waals surface area contributed by atoms with Crippen LogP contribution in [0.3, 0.4) is 0 Å². The zero-order chi connectivity index (χ0) is 13.4. The third-order valence-corrected chi connectivity index (χ3v) is 3.56. The molecule has 0 fully saturated rings. The molecule has 1 heterocycles. The van der Waals surface area contributed by atoms with Gasteiger partial charge in [0.05, 0.1) is 0 Å². The van der Waals surface area contributed by atoms with Gasteiger partial charge >= 0.3 is 117 Å². The number of rotatable bonds is 1. The van der Waals surface area contributed by atoms with Crippen LogP contribution in [0.15, 0.2) is 52.9 Å². The Morgan fingerprint density at radius 1 is 0.947 bits per heavy atom. The Hall–Kier alpha value is -2.03. The van der Waals surface area contributed by atoms with Crippen LogP contribution in [-0.2, 0) is 0 Å². The predicted octanol–water partition coefficient (Wildman–Crippen LogP) is 3.21. The van der Waals surface area contributed by atoms with E-state index >= 15 is 0 Å². The van der Waals surface area contributed by atoms with Gasteiger partial charge in [-0.05, 0) is 0 Å². The molecule has 0 spiro atoms. The fourth-order valence-electron chi connectivity index (χ4n) is 1.97. The molecule has 0 amide bonds. The third kappa shape index (κ3) is 2.16. The number of phenols is 2. The summed E-state index contributed by atoms with van der Waals surface area (Å²) in [6, 6.07) is 14.3. The summed E-state index contributed by atoms with van der Waals surface area (Å²) in [5.41, 5.74) is 1.28. The second kappa shape index (κ2) is 4.57. The molecule has 0 saturated carbocycles. The van der Waals surface area contributed by atoms with Crippen molar-refractivity contribution >= 4 is 26.5 Å². The molecule has 3 nitrogen and oxygen atoms in total. The van der Waals surface area contributed by atoms with E-state index in [2.05, 4.69) is 15.6 Å². The Morgan fingerprint density at radius 2 is 1.68 bits per heavy atom. The van der Waals surface area contributed by atoms with Crippen molar-refractivity contribution in [2.75, 3.05) is 0 Å². The average molecular weight is 317 g/mol. The molecule has 1 aromatic heterocycles. The van der Waals surface area contributed by atoms with Crippen molar-refractivity contribution < 1.29 is 14.6 Å². The molecule has 94 valence electrons. The SMILES string of the molecule is Oc1cc(O)c2oc(-c3ccccc3)cc(=[Se])c2c1. The predicted molar refractivity (Wildman–Crippen MR) is 74.0 cm³/mol. The van der Waals surface area contributed by atoms with Crippen LogP contribution in [0.25, 0.3) is 22.3 Å². The van der Waals surface area contributed by atoms with Crippen molar-refractivity contribution in [3.63, 3.8) is 0 Å². The topological polar surface area (TPSA) is 53.6 Å². The second-order valence-electron chi connectivity index (χ2n) is 4.18. The van der Waals surface area contributed by atoms with Crippen LogP contribution in [0.2, 0.25) is 0 Å². The maximum atomic E-state index is 9.88. The summed E-state index contributed by atoms with van der Waals surface area (Å²) in [5, 5.41) is 20.0. The molecule has 0 saturated heterocycles. The van der Waals surface area contributed by atoms with Gasteiger partial charge in [-0.1, -0.05) is 0 Å². The fourth-order valence-corrected chi connectivity index (χ4v) is 2.51. The third-order valence-electron chi connectivity index (χ3n) is 2.85. The van der Waals surface area contributed by atoms with Crippen molar-refractivity contribution in [1.82, 2.24) is 0 Å². The van der Waals surface area contributed by atoms with Gasteiger partial charge in [0.25, 0.3) is 0 Å². The molecule has 19 heavy (non-hydrogen) atoms. The first-order chi connectivity index (χ1) is 9.15. The summed E-state index contributed by atoms with van der Waals surface area (Å²) in [5.74, 6) is 0.580. The van der Waals surface area contributed by atoms with E-state index in [1.54, 1.807) is 6.07 Å². The zero-order valence-corrected chi connectivity index (χ0v) is 11.5. The molecule has 0 aliphatic heterocycles. The van der Waals surface area contributed by atoms with Crippen LogP contribution in [0.4, 0.5) is 0 Å². The van der Waals surface area contributed by atoms with Crippen molar-refractivity contribution in [1.29, 1.82) is 0 Å². The first kappa shape index (κ1) is 12.0. The zero-order valence-electron chi connectivity index (χ0n) is 9.83. The monoisotopic (exact) mass is 318 g/mol. The van der Waals surface area contributed by atoms with Crippen molar-refractivity contribution in [2.45, 2.75) is 0 Å². The van der Waals surface area contributed by atoms with Gasteiger partial charge in [-0.2, -0.15) is 0 Å².